The maximum atomic E-state index is 7.24. The molecule has 0 saturated carbocycles. The lowest BCUT2D eigenvalue weighted by Gasteiger charge is -2.31. The number of benzene rings is 4. The Hall–Kier alpha value is -5.22. The van der Waals surface area contributed by atoms with Gasteiger partial charge in [-0.3, -0.25) is 0 Å². The van der Waals surface area contributed by atoms with Crippen molar-refractivity contribution in [2.75, 3.05) is 78.3 Å². The molecule has 0 saturated heterocycles. The molecule has 0 amide bonds. The molecule has 4 rings (SSSR count). The molecule has 12 heteroatoms. The van der Waals surface area contributed by atoms with Crippen molar-refractivity contribution in [2.45, 2.75) is 0 Å². The highest BCUT2D eigenvalue weighted by Crippen LogP contribution is 2.44. The first kappa shape index (κ1) is 41.5. The summed E-state index contributed by atoms with van der Waals surface area (Å²) in [6, 6.07) is 29.2. The van der Waals surface area contributed by atoms with E-state index in [0.29, 0.717) is 32.7 Å². The zero-order valence-electron chi connectivity index (χ0n) is 32.2. The second-order valence-electron chi connectivity index (χ2n) is 12.6. The minimum atomic E-state index is 0.439. The first-order valence-corrected chi connectivity index (χ1v) is 18.1. The molecule has 0 aliphatic rings. The number of hydrogen-bond donors (Lipinski definition) is 0. The van der Waals surface area contributed by atoms with Gasteiger partial charge in [-0.1, -0.05) is 34.8 Å². The molecule has 282 valence electrons. The Morgan fingerprint density at radius 2 is 0.630 bits per heavy atom. The van der Waals surface area contributed by atoms with Gasteiger partial charge >= 0.3 is 0 Å². The number of methoxy groups -OCH3 is 3. The largest absolute Gasteiger partial charge is 0.497 e. The third-order valence-corrected chi connectivity index (χ3v) is 8.71. The number of rotatable bonds is 15. The van der Waals surface area contributed by atoms with Crippen LogP contribution in [0.5, 0.6) is 17.2 Å². The standard InChI is InChI=1S/C42H48Cl3N6O3/c1-46(2)25-22-40(43)49(31-10-16-37(52-7)17-11-31)34-28-35(50(41(44)23-26-47(3)4)32-12-18-38(53-8)19-13-32)30-36(29-34)51(42(45)24-27-48(5)6)33-14-20-39(54-9)21-15-33/h10-30H,1-9H3/q+3. The van der Waals surface area contributed by atoms with Gasteiger partial charge in [-0.15, -0.1) is 0 Å². The van der Waals surface area contributed by atoms with Gasteiger partial charge in [0.25, 0.3) is 0 Å². The van der Waals surface area contributed by atoms with E-state index in [9.17, 15) is 0 Å². The Labute approximate surface area is 334 Å². The molecular weight excluding hydrogens is 743 g/mol. The van der Waals surface area contributed by atoms with E-state index in [4.69, 9.17) is 49.0 Å². The fourth-order valence-electron chi connectivity index (χ4n) is 5.20. The van der Waals surface area contributed by atoms with Crippen LogP contribution in [0.1, 0.15) is 0 Å². The second-order valence-corrected chi connectivity index (χ2v) is 13.8. The molecule has 0 bridgehead atoms. The normalized spacial score (nSPS) is 11.7. The van der Waals surface area contributed by atoms with E-state index >= 15 is 0 Å². The van der Waals surface area contributed by atoms with Gasteiger partial charge in [-0.05, 0) is 91.0 Å². The van der Waals surface area contributed by atoms with Gasteiger partial charge in [-0.2, -0.15) is 0 Å². The molecule has 0 aliphatic heterocycles. The van der Waals surface area contributed by atoms with Crippen LogP contribution in [0.3, 0.4) is 0 Å². The molecular formula is C42H48Cl3N6O3+3. The fourth-order valence-corrected chi connectivity index (χ4v) is 5.96. The summed E-state index contributed by atoms with van der Waals surface area (Å²) in [4.78, 5) is 5.87. The van der Waals surface area contributed by atoms with Crippen molar-refractivity contribution in [1.82, 2.24) is 0 Å². The Morgan fingerprint density at radius 1 is 0.407 bits per heavy atom. The maximum Gasteiger partial charge on any atom is 0.165 e. The molecule has 4 aromatic carbocycles. The Morgan fingerprint density at radius 3 is 0.815 bits per heavy atom. The van der Waals surface area contributed by atoms with Crippen LogP contribution in [-0.4, -0.2) is 96.0 Å². The van der Waals surface area contributed by atoms with E-state index in [1.165, 1.54) is 0 Å². The second kappa shape index (κ2) is 19.7. The van der Waals surface area contributed by atoms with E-state index in [1.54, 1.807) is 21.3 Å². The van der Waals surface area contributed by atoms with Gasteiger partial charge in [0.05, 0.1) is 38.4 Å². The SMILES string of the molecule is COc1ccc(N(/C(Cl)=C/C=[N+](C)C)c2cc(N(/C(Cl)=C/C=[N+](C)C)c3ccc(OC)cc3)cc(N(/C(Cl)=C/C=[N+](C)C)c3ccc(OC)cc3)c2)cc1. The van der Waals surface area contributed by atoms with Gasteiger partial charge in [0.1, 0.15) is 75.0 Å². The number of anilines is 6. The van der Waals surface area contributed by atoms with Gasteiger partial charge < -0.3 is 28.9 Å². The highest BCUT2D eigenvalue weighted by Gasteiger charge is 2.24. The molecule has 0 fully saturated rings. The number of nitrogens with zero attached hydrogens (tertiary/aromatic N) is 6. The summed E-state index contributed by atoms with van der Waals surface area (Å²) in [5, 5.41) is 1.32. The van der Waals surface area contributed by atoms with Crippen molar-refractivity contribution in [3.8, 4) is 17.2 Å². The van der Waals surface area contributed by atoms with Crippen molar-refractivity contribution in [3.05, 3.63) is 125 Å². The number of hydrogen-bond acceptors (Lipinski definition) is 6. The minimum Gasteiger partial charge on any atom is -0.497 e. The van der Waals surface area contributed by atoms with E-state index in [-0.39, 0.29) is 0 Å². The Balaban J connectivity index is 2.16. The predicted octanol–water partition coefficient (Wildman–Crippen LogP) is 9.40. The average Bonchev–Trinajstić information content (AvgIpc) is 3.16. The molecule has 9 nitrogen and oxygen atoms in total. The quantitative estimate of drug-likeness (QED) is 0.0680. The molecule has 0 heterocycles. The van der Waals surface area contributed by atoms with Crippen molar-refractivity contribution >= 4 is 87.6 Å². The highest BCUT2D eigenvalue weighted by molar-refractivity contribution is 6.34. The summed E-state index contributed by atoms with van der Waals surface area (Å²) in [5.41, 5.74) is 4.55. The topological polar surface area (TPSA) is 46.4 Å². The van der Waals surface area contributed by atoms with Gasteiger partial charge in [0, 0.05) is 35.3 Å². The monoisotopic (exact) mass is 789 g/mol. The zero-order valence-corrected chi connectivity index (χ0v) is 34.4. The van der Waals surface area contributed by atoms with Crippen LogP contribution in [0.4, 0.5) is 34.1 Å². The minimum absolute atomic E-state index is 0.439. The average molecular weight is 791 g/mol. The van der Waals surface area contributed by atoms with Gasteiger partial charge in [0.15, 0.2) is 18.6 Å². The Bertz CT molecular complexity index is 1810. The van der Waals surface area contributed by atoms with Crippen molar-refractivity contribution < 1.29 is 27.9 Å². The molecule has 4 aromatic rings. The van der Waals surface area contributed by atoms with Crippen molar-refractivity contribution in [3.63, 3.8) is 0 Å². The van der Waals surface area contributed by atoms with Crippen LogP contribution in [-0.2, 0) is 0 Å². The lowest BCUT2D eigenvalue weighted by atomic mass is 10.1. The third kappa shape index (κ3) is 11.1. The number of halogens is 3. The van der Waals surface area contributed by atoms with E-state index in [0.717, 1.165) is 34.1 Å². The summed E-state index contributed by atoms with van der Waals surface area (Å²) in [6.07, 6.45) is 11.2. The molecule has 0 atom stereocenters. The Kier molecular flexibility index (Phi) is 15.2. The van der Waals surface area contributed by atoms with Crippen LogP contribution in [0.15, 0.2) is 125 Å². The first-order chi connectivity index (χ1) is 25.8. The van der Waals surface area contributed by atoms with Gasteiger partial charge in [0.2, 0.25) is 0 Å². The molecule has 0 aromatic heterocycles. The summed E-state index contributed by atoms with van der Waals surface area (Å²) >= 11 is 21.7. The summed E-state index contributed by atoms with van der Waals surface area (Å²) < 4.78 is 22.2. The smallest absolute Gasteiger partial charge is 0.165 e. The molecule has 0 aliphatic carbocycles. The lowest BCUT2D eigenvalue weighted by molar-refractivity contribution is -0.458. The molecule has 0 spiro atoms. The summed E-state index contributed by atoms with van der Waals surface area (Å²) in [6.45, 7) is 0. The van der Waals surface area contributed by atoms with Crippen LogP contribution >= 0.6 is 34.8 Å². The van der Waals surface area contributed by atoms with Crippen LogP contribution in [0.25, 0.3) is 0 Å². The third-order valence-electron chi connectivity index (χ3n) is 7.83. The van der Waals surface area contributed by atoms with Crippen LogP contribution in [0, 0.1) is 0 Å². The summed E-state index contributed by atoms with van der Waals surface area (Å²) in [5.74, 6) is 2.15. The first-order valence-electron chi connectivity index (χ1n) is 16.9. The van der Waals surface area contributed by atoms with Crippen LogP contribution in [0.2, 0.25) is 0 Å². The summed E-state index contributed by atoms with van der Waals surface area (Å²) in [7, 11) is 16.5. The molecule has 0 N–H and O–H groups in total. The van der Waals surface area contributed by atoms with Crippen LogP contribution < -0.4 is 28.9 Å². The molecule has 0 radical (unpaired) electrons. The van der Waals surface area contributed by atoms with Crippen molar-refractivity contribution in [1.29, 1.82) is 0 Å². The maximum absolute atomic E-state index is 7.24. The zero-order chi connectivity index (χ0) is 39.4. The lowest BCUT2D eigenvalue weighted by Crippen LogP contribution is -2.20. The molecule has 0 unspecified atom stereocenters. The van der Waals surface area contributed by atoms with E-state index in [2.05, 4.69) is 0 Å². The molecule has 54 heavy (non-hydrogen) atoms. The van der Waals surface area contributed by atoms with Crippen molar-refractivity contribution in [2.24, 2.45) is 0 Å². The number of allylic oxidation sites excluding steroid dienone is 3. The highest BCUT2D eigenvalue weighted by atomic mass is 35.5. The fraction of sp³-hybridized carbons (Fsp3) is 0.214. The predicted molar refractivity (Wildman–Crippen MR) is 228 cm³/mol. The van der Waals surface area contributed by atoms with E-state index < -0.39 is 0 Å². The van der Waals surface area contributed by atoms with Gasteiger partial charge in [-0.25, -0.2) is 13.7 Å². The number of ether oxygens (including phenoxy) is 3. The van der Waals surface area contributed by atoms with E-state index in [1.807, 2.05) is 199 Å².